The molecule has 1 atom stereocenters. The van der Waals surface area contributed by atoms with Crippen LogP contribution in [0.5, 0.6) is 5.75 Å². The second-order valence-corrected chi connectivity index (χ2v) is 5.14. The Kier molecular flexibility index (Phi) is 4.19. The lowest BCUT2D eigenvalue weighted by molar-refractivity contribution is 0.415. The molecule has 1 N–H and O–H groups in total. The van der Waals surface area contributed by atoms with Gasteiger partial charge in [-0.05, 0) is 36.2 Å². The predicted octanol–water partition coefficient (Wildman–Crippen LogP) is 4.02. The van der Waals surface area contributed by atoms with E-state index in [-0.39, 0.29) is 5.92 Å². The van der Waals surface area contributed by atoms with E-state index in [2.05, 4.69) is 46.4 Å². The predicted molar refractivity (Wildman–Crippen MR) is 86.9 cm³/mol. The van der Waals surface area contributed by atoms with Crippen molar-refractivity contribution in [3.8, 4) is 17.1 Å². The fourth-order valence-corrected chi connectivity index (χ4v) is 2.57. The van der Waals surface area contributed by atoms with Gasteiger partial charge in [0.05, 0.1) is 7.11 Å². The van der Waals surface area contributed by atoms with E-state index in [0.29, 0.717) is 5.82 Å². The minimum absolute atomic E-state index is 0.237. The first-order valence-electron chi connectivity index (χ1n) is 7.43. The number of H-pyrrole nitrogens is 1. The number of methoxy groups -OCH3 is 1. The number of nitrogens with zero attached hydrogens (tertiary/aromatic N) is 2. The van der Waals surface area contributed by atoms with E-state index < -0.39 is 0 Å². The van der Waals surface area contributed by atoms with E-state index in [1.807, 2.05) is 30.3 Å². The van der Waals surface area contributed by atoms with Gasteiger partial charge in [0.25, 0.3) is 0 Å². The van der Waals surface area contributed by atoms with Gasteiger partial charge in [-0.1, -0.05) is 37.3 Å². The zero-order valence-corrected chi connectivity index (χ0v) is 12.8. The van der Waals surface area contributed by atoms with Crippen LogP contribution in [0, 0.1) is 0 Å². The standard InChI is InChI=1S/C18H19N3O/c1-3-16(13-7-5-4-6-8-13)18-19-17(20-21-18)14-9-11-15(22-2)12-10-14/h4-12,16H,3H2,1-2H3,(H,19,20,21). The third-order valence-electron chi connectivity index (χ3n) is 3.79. The normalized spacial score (nSPS) is 12.1. The summed E-state index contributed by atoms with van der Waals surface area (Å²) in [6, 6.07) is 18.2. The third-order valence-corrected chi connectivity index (χ3v) is 3.79. The van der Waals surface area contributed by atoms with Crippen LogP contribution in [0.2, 0.25) is 0 Å². The number of nitrogens with one attached hydrogen (secondary N) is 1. The van der Waals surface area contributed by atoms with E-state index >= 15 is 0 Å². The maximum atomic E-state index is 5.18. The Morgan fingerprint density at radius 1 is 1.05 bits per heavy atom. The molecule has 0 saturated carbocycles. The quantitative estimate of drug-likeness (QED) is 0.773. The summed E-state index contributed by atoms with van der Waals surface area (Å²) in [5.41, 5.74) is 2.23. The molecule has 0 amide bonds. The van der Waals surface area contributed by atoms with Crippen molar-refractivity contribution in [3.63, 3.8) is 0 Å². The Morgan fingerprint density at radius 2 is 1.77 bits per heavy atom. The van der Waals surface area contributed by atoms with E-state index in [9.17, 15) is 0 Å². The highest BCUT2D eigenvalue weighted by Gasteiger charge is 2.16. The van der Waals surface area contributed by atoms with Crippen LogP contribution < -0.4 is 4.74 Å². The average molecular weight is 293 g/mol. The molecule has 0 spiro atoms. The number of aromatic amines is 1. The molecule has 0 aliphatic rings. The summed E-state index contributed by atoms with van der Waals surface area (Å²) in [5.74, 6) is 2.68. The van der Waals surface area contributed by atoms with E-state index in [1.165, 1.54) is 5.56 Å². The molecular formula is C18H19N3O. The summed E-state index contributed by atoms with van der Waals surface area (Å²) >= 11 is 0. The highest BCUT2D eigenvalue weighted by molar-refractivity contribution is 5.56. The Morgan fingerprint density at radius 3 is 2.41 bits per heavy atom. The van der Waals surface area contributed by atoms with Gasteiger partial charge in [0.2, 0.25) is 0 Å². The Bertz CT molecular complexity index is 720. The van der Waals surface area contributed by atoms with E-state index in [0.717, 1.165) is 23.6 Å². The number of benzene rings is 2. The number of rotatable bonds is 5. The first kappa shape index (κ1) is 14.3. The van der Waals surface area contributed by atoms with Crippen LogP contribution in [-0.2, 0) is 0 Å². The minimum Gasteiger partial charge on any atom is -0.497 e. The maximum absolute atomic E-state index is 5.18. The average Bonchev–Trinajstić information content (AvgIpc) is 3.06. The molecule has 4 nitrogen and oxygen atoms in total. The van der Waals surface area contributed by atoms with E-state index in [4.69, 9.17) is 4.74 Å². The molecule has 1 unspecified atom stereocenters. The molecule has 4 heteroatoms. The molecule has 1 heterocycles. The van der Waals surface area contributed by atoms with Crippen LogP contribution >= 0.6 is 0 Å². The number of hydrogen-bond acceptors (Lipinski definition) is 3. The molecule has 3 rings (SSSR count). The first-order valence-corrected chi connectivity index (χ1v) is 7.43. The second-order valence-electron chi connectivity index (χ2n) is 5.14. The highest BCUT2D eigenvalue weighted by Crippen LogP contribution is 2.27. The third kappa shape index (κ3) is 2.86. The van der Waals surface area contributed by atoms with Crippen LogP contribution in [0.25, 0.3) is 11.4 Å². The lowest BCUT2D eigenvalue weighted by Gasteiger charge is -2.11. The van der Waals surface area contributed by atoms with Crippen LogP contribution in [-0.4, -0.2) is 22.3 Å². The minimum atomic E-state index is 0.237. The van der Waals surface area contributed by atoms with Crippen LogP contribution in [0.3, 0.4) is 0 Å². The topological polar surface area (TPSA) is 50.8 Å². The molecule has 0 aliphatic carbocycles. The summed E-state index contributed by atoms with van der Waals surface area (Å²) in [4.78, 5) is 4.68. The van der Waals surface area contributed by atoms with Gasteiger partial charge in [-0.3, -0.25) is 5.10 Å². The SMILES string of the molecule is CCC(c1ccccc1)c1nc(-c2ccc(OC)cc2)n[nH]1. The van der Waals surface area contributed by atoms with Gasteiger partial charge in [0.15, 0.2) is 5.82 Å². The molecule has 0 radical (unpaired) electrons. The van der Waals surface area contributed by atoms with Gasteiger partial charge < -0.3 is 4.74 Å². The van der Waals surface area contributed by atoms with Crippen molar-refractivity contribution in [2.45, 2.75) is 19.3 Å². The van der Waals surface area contributed by atoms with Crippen molar-refractivity contribution in [1.82, 2.24) is 15.2 Å². The molecule has 2 aromatic carbocycles. The summed E-state index contributed by atoms with van der Waals surface area (Å²) in [6.45, 7) is 2.16. The smallest absolute Gasteiger partial charge is 0.181 e. The number of ether oxygens (including phenoxy) is 1. The molecule has 112 valence electrons. The maximum Gasteiger partial charge on any atom is 0.181 e. The largest absolute Gasteiger partial charge is 0.497 e. The number of aromatic nitrogens is 3. The Hall–Kier alpha value is -2.62. The molecule has 22 heavy (non-hydrogen) atoms. The molecule has 0 bridgehead atoms. The van der Waals surface area contributed by atoms with Crippen LogP contribution in [0.4, 0.5) is 0 Å². The van der Waals surface area contributed by atoms with Gasteiger partial charge in [-0.2, -0.15) is 5.10 Å². The zero-order chi connectivity index (χ0) is 15.4. The van der Waals surface area contributed by atoms with Gasteiger partial charge in [-0.25, -0.2) is 4.98 Å². The fraction of sp³-hybridized carbons (Fsp3) is 0.222. The Labute approximate surface area is 130 Å². The van der Waals surface area contributed by atoms with Crippen molar-refractivity contribution in [3.05, 3.63) is 66.0 Å². The monoisotopic (exact) mass is 293 g/mol. The molecule has 0 aliphatic heterocycles. The van der Waals surface area contributed by atoms with Crippen LogP contribution in [0.15, 0.2) is 54.6 Å². The lowest BCUT2D eigenvalue weighted by atomic mass is 9.96. The highest BCUT2D eigenvalue weighted by atomic mass is 16.5. The molecule has 0 saturated heterocycles. The van der Waals surface area contributed by atoms with Gasteiger partial charge in [0.1, 0.15) is 11.6 Å². The number of hydrogen-bond donors (Lipinski definition) is 1. The van der Waals surface area contributed by atoms with Gasteiger partial charge >= 0.3 is 0 Å². The molecular weight excluding hydrogens is 274 g/mol. The summed E-state index contributed by atoms with van der Waals surface area (Å²) in [6.07, 6.45) is 0.973. The lowest BCUT2D eigenvalue weighted by Crippen LogP contribution is -2.01. The fourth-order valence-electron chi connectivity index (χ4n) is 2.57. The van der Waals surface area contributed by atoms with Crippen molar-refractivity contribution in [2.24, 2.45) is 0 Å². The zero-order valence-electron chi connectivity index (χ0n) is 12.8. The summed E-state index contributed by atoms with van der Waals surface area (Å²) in [5, 5.41) is 7.45. The van der Waals surface area contributed by atoms with Crippen molar-refractivity contribution in [1.29, 1.82) is 0 Å². The molecule has 3 aromatic rings. The molecule has 1 aromatic heterocycles. The van der Waals surface area contributed by atoms with Crippen LogP contribution in [0.1, 0.15) is 30.7 Å². The van der Waals surface area contributed by atoms with Crippen molar-refractivity contribution in [2.75, 3.05) is 7.11 Å². The second kappa shape index (κ2) is 6.43. The summed E-state index contributed by atoms with van der Waals surface area (Å²) < 4.78 is 5.18. The van der Waals surface area contributed by atoms with Crippen molar-refractivity contribution >= 4 is 0 Å². The Balaban J connectivity index is 1.88. The molecule has 0 fully saturated rings. The van der Waals surface area contributed by atoms with Gasteiger partial charge in [-0.15, -0.1) is 0 Å². The first-order chi connectivity index (χ1) is 10.8. The summed E-state index contributed by atoms with van der Waals surface area (Å²) in [7, 11) is 1.66. The van der Waals surface area contributed by atoms with Crippen molar-refractivity contribution < 1.29 is 4.74 Å². The van der Waals surface area contributed by atoms with Gasteiger partial charge in [0, 0.05) is 11.5 Å². The van der Waals surface area contributed by atoms with E-state index in [1.54, 1.807) is 7.11 Å².